The molecule has 0 spiro atoms. The Bertz CT molecular complexity index is 1080. The molecule has 6 nitrogen and oxygen atoms in total. The molecule has 0 radical (unpaired) electrons. The van der Waals surface area contributed by atoms with Gasteiger partial charge in [0.05, 0.1) is 17.8 Å². The SMILES string of the molecule is Cn1cc([C@H]2OCC[C@@H]2Nc2nc(-c3ccsc3)nc3ccccc23)cn1. The fourth-order valence-corrected chi connectivity index (χ4v) is 4.17. The van der Waals surface area contributed by atoms with Crippen molar-refractivity contribution in [2.24, 2.45) is 7.05 Å². The van der Waals surface area contributed by atoms with Crippen molar-refractivity contribution >= 4 is 28.1 Å². The third-order valence-corrected chi connectivity index (χ3v) is 5.53. The van der Waals surface area contributed by atoms with Crippen molar-refractivity contribution in [1.82, 2.24) is 19.7 Å². The lowest BCUT2D eigenvalue weighted by atomic mass is 10.1. The van der Waals surface area contributed by atoms with Gasteiger partial charge >= 0.3 is 0 Å². The highest BCUT2D eigenvalue weighted by Gasteiger charge is 2.31. The number of anilines is 1. The first-order chi connectivity index (χ1) is 13.3. The van der Waals surface area contributed by atoms with Gasteiger partial charge in [-0.1, -0.05) is 12.1 Å². The molecule has 0 saturated carbocycles. The van der Waals surface area contributed by atoms with E-state index in [-0.39, 0.29) is 12.1 Å². The van der Waals surface area contributed by atoms with Gasteiger partial charge in [-0.3, -0.25) is 4.68 Å². The summed E-state index contributed by atoms with van der Waals surface area (Å²) in [4.78, 5) is 9.59. The van der Waals surface area contributed by atoms with Crippen LogP contribution in [0.2, 0.25) is 0 Å². The van der Waals surface area contributed by atoms with Gasteiger partial charge in [0.15, 0.2) is 5.82 Å². The topological polar surface area (TPSA) is 64.9 Å². The lowest BCUT2D eigenvalue weighted by Gasteiger charge is -2.20. The molecule has 4 aromatic rings. The van der Waals surface area contributed by atoms with E-state index in [2.05, 4.69) is 27.9 Å². The van der Waals surface area contributed by atoms with Crippen LogP contribution in [0.3, 0.4) is 0 Å². The molecule has 4 heterocycles. The highest BCUT2D eigenvalue weighted by molar-refractivity contribution is 7.08. The minimum atomic E-state index is -0.0305. The Labute approximate surface area is 160 Å². The summed E-state index contributed by atoms with van der Waals surface area (Å²) in [6.45, 7) is 0.720. The van der Waals surface area contributed by atoms with Crippen LogP contribution < -0.4 is 5.32 Å². The number of benzene rings is 1. The Hall–Kier alpha value is -2.77. The minimum Gasteiger partial charge on any atom is -0.371 e. The highest BCUT2D eigenvalue weighted by atomic mass is 32.1. The molecule has 1 aromatic carbocycles. The number of nitrogens with zero attached hydrogens (tertiary/aromatic N) is 4. The summed E-state index contributed by atoms with van der Waals surface area (Å²) in [6.07, 6.45) is 4.78. The van der Waals surface area contributed by atoms with Crippen molar-refractivity contribution in [3.05, 3.63) is 59.0 Å². The molecule has 1 N–H and O–H groups in total. The molecule has 27 heavy (non-hydrogen) atoms. The average molecular weight is 377 g/mol. The van der Waals surface area contributed by atoms with Crippen LogP contribution in [-0.4, -0.2) is 32.4 Å². The molecule has 0 unspecified atom stereocenters. The second-order valence-electron chi connectivity index (χ2n) is 6.70. The maximum absolute atomic E-state index is 5.99. The van der Waals surface area contributed by atoms with Crippen molar-refractivity contribution in [1.29, 1.82) is 0 Å². The van der Waals surface area contributed by atoms with E-state index in [4.69, 9.17) is 14.7 Å². The number of hydrogen-bond acceptors (Lipinski definition) is 6. The van der Waals surface area contributed by atoms with Crippen LogP contribution in [0.1, 0.15) is 18.1 Å². The number of rotatable bonds is 4. The van der Waals surface area contributed by atoms with E-state index in [0.29, 0.717) is 0 Å². The Morgan fingerprint density at radius 1 is 1.22 bits per heavy atom. The average Bonchev–Trinajstić information content (AvgIpc) is 3.43. The smallest absolute Gasteiger partial charge is 0.162 e. The van der Waals surface area contributed by atoms with Gasteiger partial charge in [-0.2, -0.15) is 16.4 Å². The highest BCUT2D eigenvalue weighted by Crippen LogP contribution is 2.33. The summed E-state index contributed by atoms with van der Waals surface area (Å²) in [5, 5.41) is 13.1. The van der Waals surface area contributed by atoms with Crippen LogP contribution in [-0.2, 0) is 11.8 Å². The van der Waals surface area contributed by atoms with E-state index in [1.807, 2.05) is 47.7 Å². The van der Waals surface area contributed by atoms with Crippen molar-refractivity contribution in [2.75, 3.05) is 11.9 Å². The first-order valence-corrected chi connectivity index (χ1v) is 9.88. The van der Waals surface area contributed by atoms with E-state index in [0.717, 1.165) is 46.7 Å². The molecular weight excluding hydrogens is 358 g/mol. The van der Waals surface area contributed by atoms with Crippen molar-refractivity contribution in [3.63, 3.8) is 0 Å². The molecular formula is C20H19N5OS. The van der Waals surface area contributed by atoms with Crippen molar-refractivity contribution in [2.45, 2.75) is 18.6 Å². The Kier molecular flexibility index (Phi) is 4.10. The van der Waals surface area contributed by atoms with Gasteiger partial charge in [-0.15, -0.1) is 0 Å². The molecule has 1 saturated heterocycles. The van der Waals surface area contributed by atoms with E-state index >= 15 is 0 Å². The summed E-state index contributed by atoms with van der Waals surface area (Å²) in [5.41, 5.74) is 3.07. The van der Waals surface area contributed by atoms with Gasteiger partial charge in [-0.05, 0) is 30.0 Å². The summed E-state index contributed by atoms with van der Waals surface area (Å²) in [7, 11) is 1.92. The summed E-state index contributed by atoms with van der Waals surface area (Å²) in [6, 6.07) is 10.3. The zero-order valence-corrected chi connectivity index (χ0v) is 15.7. The summed E-state index contributed by atoms with van der Waals surface area (Å²) >= 11 is 1.65. The largest absolute Gasteiger partial charge is 0.371 e. The lowest BCUT2D eigenvalue weighted by Crippen LogP contribution is -2.24. The molecule has 0 amide bonds. The molecule has 136 valence electrons. The summed E-state index contributed by atoms with van der Waals surface area (Å²) in [5.74, 6) is 1.60. The van der Waals surface area contributed by atoms with E-state index in [9.17, 15) is 0 Å². The predicted octanol–water partition coefficient (Wildman–Crippen LogP) is 4.03. The molecule has 5 rings (SSSR count). The number of ether oxygens (including phenoxy) is 1. The number of para-hydroxylation sites is 1. The van der Waals surface area contributed by atoms with Crippen LogP contribution in [0.5, 0.6) is 0 Å². The van der Waals surface area contributed by atoms with Crippen molar-refractivity contribution < 1.29 is 4.74 Å². The first-order valence-electron chi connectivity index (χ1n) is 8.94. The number of nitrogens with one attached hydrogen (secondary N) is 1. The number of hydrogen-bond donors (Lipinski definition) is 1. The van der Waals surface area contributed by atoms with Crippen LogP contribution in [0, 0.1) is 0 Å². The molecule has 2 atom stereocenters. The fourth-order valence-electron chi connectivity index (χ4n) is 3.54. The molecule has 1 aliphatic heterocycles. The van der Waals surface area contributed by atoms with E-state index in [1.54, 1.807) is 11.3 Å². The maximum Gasteiger partial charge on any atom is 0.162 e. The number of fused-ring (bicyclic) bond motifs is 1. The van der Waals surface area contributed by atoms with Gasteiger partial charge < -0.3 is 10.1 Å². The molecule has 3 aromatic heterocycles. The Morgan fingerprint density at radius 3 is 2.96 bits per heavy atom. The molecule has 1 aliphatic rings. The zero-order valence-electron chi connectivity index (χ0n) is 14.9. The Balaban J connectivity index is 1.54. The van der Waals surface area contributed by atoms with Gasteiger partial charge in [0.25, 0.3) is 0 Å². The first kappa shape index (κ1) is 16.4. The van der Waals surface area contributed by atoms with Gasteiger partial charge in [0, 0.05) is 41.7 Å². The molecule has 1 fully saturated rings. The van der Waals surface area contributed by atoms with Gasteiger partial charge in [0.1, 0.15) is 11.9 Å². The van der Waals surface area contributed by atoms with Gasteiger partial charge in [0.2, 0.25) is 0 Å². The number of aryl methyl sites for hydroxylation is 1. The molecule has 7 heteroatoms. The third kappa shape index (κ3) is 3.09. The summed E-state index contributed by atoms with van der Waals surface area (Å²) < 4.78 is 7.80. The quantitative estimate of drug-likeness (QED) is 0.582. The number of thiophene rings is 1. The number of aromatic nitrogens is 4. The standard InChI is InChI=1S/C20H19N5OS/c1-25-11-14(10-21-25)18-17(6-8-26-18)23-20-15-4-2-3-5-16(15)22-19(24-20)13-7-9-27-12-13/h2-5,7,9-12,17-18H,6,8H2,1H3,(H,22,23,24)/t17-,18+/m0/s1. The third-order valence-electron chi connectivity index (χ3n) is 4.85. The Morgan fingerprint density at radius 2 is 2.15 bits per heavy atom. The van der Waals surface area contributed by atoms with Gasteiger partial charge in [-0.25, -0.2) is 9.97 Å². The van der Waals surface area contributed by atoms with Crippen LogP contribution in [0.25, 0.3) is 22.3 Å². The zero-order chi connectivity index (χ0) is 18.2. The van der Waals surface area contributed by atoms with Crippen LogP contribution >= 0.6 is 11.3 Å². The van der Waals surface area contributed by atoms with Crippen LogP contribution in [0.15, 0.2) is 53.5 Å². The maximum atomic E-state index is 5.99. The lowest BCUT2D eigenvalue weighted by molar-refractivity contribution is 0.107. The second-order valence-corrected chi connectivity index (χ2v) is 7.48. The van der Waals surface area contributed by atoms with E-state index < -0.39 is 0 Å². The van der Waals surface area contributed by atoms with Crippen LogP contribution in [0.4, 0.5) is 5.82 Å². The molecule has 0 aliphatic carbocycles. The minimum absolute atomic E-state index is 0.0305. The normalized spacial score (nSPS) is 19.6. The predicted molar refractivity (Wildman–Crippen MR) is 107 cm³/mol. The molecule has 0 bridgehead atoms. The monoisotopic (exact) mass is 377 g/mol. The second kappa shape index (κ2) is 6.75. The fraction of sp³-hybridized carbons (Fsp3) is 0.250. The van der Waals surface area contributed by atoms with Crippen molar-refractivity contribution in [3.8, 4) is 11.4 Å². The van der Waals surface area contributed by atoms with E-state index in [1.165, 1.54) is 0 Å².